The number of benzene rings is 12. The Balaban J connectivity index is 0.000000158. The van der Waals surface area contributed by atoms with Crippen LogP contribution < -0.4 is 93.2 Å². The zero-order valence-corrected chi connectivity index (χ0v) is 74.8. The highest BCUT2D eigenvalue weighted by Gasteiger charge is 2.35. The highest BCUT2D eigenvalue weighted by molar-refractivity contribution is 7.81. The van der Waals surface area contributed by atoms with E-state index in [1.807, 2.05) is 84.9 Å². The molecule has 4 N–H and O–H groups in total. The summed E-state index contributed by atoms with van der Waals surface area (Å²) in [6, 6.07) is 115. The van der Waals surface area contributed by atoms with E-state index in [9.17, 15) is 20.4 Å². The van der Waals surface area contributed by atoms with Gasteiger partial charge in [-0.25, -0.2) is 9.97 Å². The molecule has 0 atom stereocenters. The summed E-state index contributed by atoms with van der Waals surface area (Å²) in [5.41, 5.74) is 11.2. The van der Waals surface area contributed by atoms with Gasteiger partial charge < -0.3 is 39.4 Å². The van der Waals surface area contributed by atoms with Gasteiger partial charge in [-0.2, -0.15) is 0 Å². The fourth-order valence-corrected chi connectivity index (χ4v) is 32.2. The van der Waals surface area contributed by atoms with Crippen LogP contribution in [-0.4, -0.2) is 80.5 Å². The molecule has 0 spiro atoms. The van der Waals surface area contributed by atoms with E-state index in [2.05, 4.69) is 298 Å². The Bertz CT molecular complexity index is 5050. The Labute approximate surface area is 711 Å². The summed E-state index contributed by atoms with van der Waals surface area (Å²) in [7, 11) is -1.74. The molecule has 0 radical (unpaired) electrons. The van der Waals surface area contributed by atoms with Gasteiger partial charge in [-0.1, -0.05) is 375 Å². The third-order valence-corrected chi connectivity index (χ3v) is 37.0. The van der Waals surface area contributed by atoms with Gasteiger partial charge in [0.2, 0.25) is 11.8 Å². The minimum Gasteiger partial charge on any atom is -0.493 e. The third kappa shape index (κ3) is 20.3. The average Bonchev–Trinajstić information content (AvgIpc) is 0.933. The van der Waals surface area contributed by atoms with E-state index in [0.717, 1.165) is 83.1 Å². The Morgan fingerprint density at radius 1 is 0.277 bits per heavy atom. The van der Waals surface area contributed by atoms with Gasteiger partial charge in [0.1, 0.15) is 11.5 Å². The van der Waals surface area contributed by atoms with E-state index in [1.54, 1.807) is 14.2 Å². The van der Waals surface area contributed by atoms with E-state index >= 15 is 0 Å². The first-order valence-corrected chi connectivity index (χ1v) is 49.1. The molecule has 15 rings (SSSR count). The highest BCUT2D eigenvalue weighted by atomic mass is 31.1. The van der Waals surface area contributed by atoms with Crippen LogP contribution in [0.15, 0.2) is 328 Å². The van der Waals surface area contributed by atoms with E-state index in [1.165, 1.54) is 53.6 Å². The van der Waals surface area contributed by atoms with Gasteiger partial charge >= 0.3 is 0 Å². The largest absolute Gasteiger partial charge is 0.493 e. The number of rotatable bonds is 26. The predicted octanol–water partition coefficient (Wildman–Crippen LogP) is 17.9. The maximum absolute atomic E-state index is 11.0. The first kappa shape index (κ1) is 87.4. The second-order valence-electron chi connectivity index (χ2n) is 29.8. The van der Waals surface area contributed by atoms with Crippen LogP contribution in [0, 0.1) is 0 Å². The molecular weight excluding hydrogens is 1580 g/mol. The van der Waals surface area contributed by atoms with Crippen LogP contribution in [0.4, 0.5) is 0 Å². The van der Waals surface area contributed by atoms with Crippen molar-refractivity contribution in [2.45, 2.75) is 111 Å². The first-order valence-electron chi connectivity index (χ1n) is 40.7. The molecule has 12 aromatic carbocycles. The van der Waals surface area contributed by atoms with Crippen molar-refractivity contribution in [2.75, 3.05) is 27.4 Å². The number of fused-ring (bicyclic) bond motifs is 3. The molecule has 0 saturated heterocycles. The summed E-state index contributed by atoms with van der Waals surface area (Å²) in [5.74, 6) is 2.66. The fraction of sp³-hybridized carbons (Fsp3) is 0.204. The molecule has 0 aliphatic carbocycles. The van der Waals surface area contributed by atoms with Crippen LogP contribution in [-0.2, 0) is 26.4 Å². The van der Waals surface area contributed by atoms with Crippen LogP contribution in [0.1, 0.15) is 84.3 Å². The smallest absolute Gasteiger partial charge is 0.213 e. The average molecular weight is 1690 g/mol. The first-order chi connectivity index (χ1) is 58.2. The molecule has 0 bridgehead atoms. The van der Waals surface area contributed by atoms with Gasteiger partial charge in [0.25, 0.3) is 0 Å². The molecule has 16 heteroatoms. The normalized spacial score (nSPS) is 12.0. The number of ether oxygens (including phenoxy) is 4. The zero-order valence-electron chi connectivity index (χ0n) is 69.4. The molecule has 606 valence electrons. The van der Waals surface area contributed by atoms with Crippen LogP contribution in [0.25, 0.3) is 33.4 Å². The van der Waals surface area contributed by atoms with Crippen molar-refractivity contribution in [1.29, 1.82) is 0 Å². The summed E-state index contributed by atoms with van der Waals surface area (Å²) in [5, 5.41) is 59.5. The van der Waals surface area contributed by atoms with Crippen molar-refractivity contribution in [2.24, 2.45) is 0 Å². The number of hydrogen-bond acceptors (Lipinski definition) is 10. The molecule has 0 fully saturated rings. The molecule has 119 heavy (non-hydrogen) atoms. The standard InChI is InChI=1S/C39H32O2P2.C38H34N2O4P2.C26H40O2P2/c1-5-16-30(17-6-1)42(31-18-7-2-8-19-31)36-26-13-24-34-38(36)39-35(41-29-15-28-40-34)25-14-27-37(39)43(32-20-9-3-10-21-32)33-22-11-4-12-23-33;1-43-35-23-33(45(27-15-7-3-8-16-27)28-17-9-4-10-18-28)37(31(25-41)39-35)38-32(26-42)40-36(44-2)24-34(38)46(29-19-11-5-12-20-29)30-21-13-6-14-22-30;1-17(2)29(18(3)4)23-13-9-11-21(15-27)25(23)26-22(16-28)12-10-14-24(26)30(19(5)6)20(7)8/h1-14,16-27H,15,28-29H2;3-24,41-42H,25-26H2,1-2H3;9-14,17-20,27-28H,15-16H2,1-8H3. The molecule has 0 saturated carbocycles. The predicted molar refractivity (Wildman–Crippen MR) is 512 cm³/mol. The molecular formula is C103H106N2O8P6. The van der Waals surface area contributed by atoms with Gasteiger partial charge in [-0.15, -0.1) is 0 Å². The Morgan fingerprint density at radius 2 is 0.521 bits per heavy atom. The zero-order chi connectivity index (χ0) is 83.3. The number of methoxy groups -OCH3 is 2. The molecule has 10 nitrogen and oxygen atoms in total. The fourth-order valence-electron chi connectivity index (χ4n) is 16.1. The Morgan fingerprint density at radius 3 is 0.756 bits per heavy atom. The van der Waals surface area contributed by atoms with Crippen LogP contribution >= 0.6 is 47.5 Å². The Kier molecular flexibility index (Phi) is 31.3. The molecule has 14 aromatic rings. The highest BCUT2D eigenvalue weighted by Crippen LogP contribution is 2.53. The van der Waals surface area contributed by atoms with Gasteiger partial charge in [-0.05, 0) is 152 Å². The van der Waals surface area contributed by atoms with Crippen LogP contribution in [0.2, 0.25) is 0 Å². The van der Waals surface area contributed by atoms with Crippen molar-refractivity contribution in [3.05, 3.63) is 350 Å². The van der Waals surface area contributed by atoms with E-state index in [4.69, 9.17) is 28.9 Å². The van der Waals surface area contributed by atoms with Crippen molar-refractivity contribution in [3.8, 4) is 56.6 Å². The monoisotopic (exact) mass is 1680 g/mol. The summed E-state index contributed by atoms with van der Waals surface area (Å²) < 4.78 is 24.7. The third-order valence-electron chi connectivity index (χ3n) is 20.8. The number of aliphatic hydroxyl groups excluding tert-OH is 4. The van der Waals surface area contributed by atoms with Crippen LogP contribution in [0.5, 0.6) is 23.3 Å². The number of aliphatic hydroxyl groups is 4. The molecule has 2 aromatic heterocycles. The number of pyridine rings is 2. The lowest BCUT2D eigenvalue weighted by molar-refractivity contribution is 0.252. The van der Waals surface area contributed by atoms with Gasteiger partial charge in [0.15, 0.2) is 0 Å². The second kappa shape index (κ2) is 42.7. The summed E-state index contributed by atoms with van der Waals surface area (Å²) in [6.07, 6.45) is 0.825. The lowest BCUT2D eigenvalue weighted by Crippen LogP contribution is -2.28. The maximum atomic E-state index is 11.0. The summed E-state index contributed by atoms with van der Waals surface area (Å²) >= 11 is 0. The molecule has 0 unspecified atom stereocenters. The topological polar surface area (TPSA) is 144 Å². The van der Waals surface area contributed by atoms with Gasteiger partial charge in [0.05, 0.1) is 65.2 Å². The second-order valence-corrected chi connectivity index (χ2v) is 45.3. The van der Waals surface area contributed by atoms with Crippen molar-refractivity contribution >= 4 is 122 Å². The van der Waals surface area contributed by atoms with E-state index in [0.29, 0.717) is 59.0 Å². The summed E-state index contributed by atoms with van der Waals surface area (Å²) in [6.45, 7) is 19.1. The van der Waals surface area contributed by atoms with E-state index < -0.39 is 47.5 Å². The molecule has 1 aliphatic heterocycles. The lowest BCUT2D eigenvalue weighted by atomic mass is 9.95. The number of nitrogens with zero attached hydrogens (tertiary/aromatic N) is 2. The lowest BCUT2D eigenvalue weighted by Gasteiger charge is -2.33. The SMILES string of the molecule is CC(C)P(c1cccc(CO)c1-c1c(CO)cccc1P(C(C)C)C(C)C)C(C)C.COc1cc(P(c2ccccc2)c2ccccc2)c(-c2c(P(c3ccccc3)c3ccccc3)cc(OC)nc2CO)c(CO)n1.c1ccc(P(c2ccccc2)c2cccc3c2-c2c(cccc2P(c2ccccc2)c2ccccc2)OCCCO3)cc1. The minimum atomic E-state index is -1.17. The molecule has 1 aliphatic rings. The van der Waals surface area contributed by atoms with Crippen molar-refractivity contribution < 1.29 is 39.4 Å². The van der Waals surface area contributed by atoms with Crippen molar-refractivity contribution in [1.82, 2.24) is 9.97 Å². The maximum Gasteiger partial charge on any atom is 0.213 e. The molecule has 0 amide bonds. The summed E-state index contributed by atoms with van der Waals surface area (Å²) in [4.78, 5) is 9.57. The molecule has 3 heterocycles. The minimum absolute atomic E-state index is 0.0169. The Hall–Kier alpha value is -9.44. The quantitative estimate of drug-likeness (QED) is 0.0387. The number of hydrogen-bond donors (Lipinski definition) is 4. The van der Waals surface area contributed by atoms with Gasteiger partial charge in [-0.3, -0.25) is 0 Å². The van der Waals surface area contributed by atoms with Gasteiger partial charge in [0, 0.05) is 51.4 Å². The van der Waals surface area contributed by atoms with Crippen molar-refractivity contribution in [3.63, 3.8) is 0 Å². The number of aromatic nitrogens is 2. The van der Waals surface area contributed by atoms with E-state index in [-0.39, 0.29) is 26.4 Å². The van der Waals surface area contributed by atoms with Crippen LogP contribution in [0.3, 0.4) is 0 Å².